The molecule has 2 heterocycles. The van der Waals surface area contributed by atoms with Gasteiger partial charge in [0.25, 0.3) is 0 Å². The van der Waals surface area contributed by atoms with Crippen LogP contribution in [-0.4, -0.2) is 9.97 Å². The van der Waals surface area contributed by atoms with E-state index in [1.165, 1.54) is 12.1 Å². The van der Waals surface area contributed by atoms with Gasteiger partial charge >= 0.3 is 0 Å². The third kappa shape index (κ3) is 1.78. The predicted molar refractivity (Wildman–Crippen MR) is 66.5 cm³/mol. The molecule has 3 aromatic rings. The first kappa shape index (κ1) is 10.3. The average molecular weight is 247 g/mol. The Morgan fingerprint density at radius 1 is 1.18 bits per heavy atom. The fourth-order valence-electron chi connectivity index (χ4n) is 1.81. The van der Waals surface area contributed by atoms with Crippen molar-refractivity contribution in [3.63, 3.8) is 0 Å². The van der Waals surface area contributed by atoms with Crippen molar-refractivity contribution in [2.24, 2.45) is 0 Å². The van der Waals surface area contributed by atoms with Gasteiger partial charge in [0.05, 0.1) is 16.1 Å². The molecule has 2 aromatic heterocycles. The summed E-state index contributed by atoms with van der Waals surface area (Å²) in [5, 5.41) is 0.609. The lowest BCUT2D eigenvalue weighted by atomic mass is 10.1. The van der Waals surface area contributed by atoms with Crippen molar-refractivity contribution in [1.82, 2.24) is 9.97 Å². The molecule has 0 saturated carbocycles. The number of aromatic nitrogens is 2. The molecular formula is C13H8ClFN2. The van der Waals surface area contributed by atoms with E-state index in [1.807, 2.05) is 12.1 Å². The molecule has 0 aliphatic carbocycles. The van der Waals surface area contributed by atoms with Crippen LogP contribution in [0.25, 0.3) is 22.3 Å². The Kier molecular flexibility index (Phi) is 2.34. The molecule has 17 heavy (non-hydrogen) atoms. The van der Waals surface area contributed by atoms with Crippen molar-refractivity contribution >= 4 is 22.6 Å². The molecule has 2 nitrogen and oxygen atoms in total. The summed E-state index contributed by atoms with van der Waals surface area (Å²) in [5.74, 6) is -0.264. The van der Waals surface area contributed by atoms with Crippen molar-refractivity contribution in [3.05, 3.63) is 53.4 Å². The van der Waals surface area contributed by atoms with E-state index in [4.69, 9.17) is 11.6 Å². The smallest absolute Gasteiger partial charge is 0.123 e. The van der Waals surface area contributed by atoms with Gasteiger partial charge in [-0.25, -0.2) is 4.39 Å². The topological polar surface area (TPSA) is 28.7 Å². The number of fused-ring (bicyclic) bond motifs is 1. The van der Waals surface area contributed by atoms with Crippen LogP contribution >= 0.6 is 11.6 Å². The van der Waals surface area contributed by atoms with E-state index in [1.54, 1.807) is 18.3 Å². The summed E-state index contributed by atoms with van der Waals surface area (Å²) < 4.78 is 13.1. The minimum atomic E-state index is -0.264. The van der Waals surface area contributed by atoms with Crippen molar-refractivity contribution in [1.29, 1.82) is 0 Å². The first-order valence-corrected chi connectivity index (χ1v) is 5.51. The maximum Gasteiger partial charge on any atom is 0.123 e. The number of aromatic amines is 1. The lowest BCUT2D eigenvalue weighted by molar-refractivity contribution is 0.628. The van der Waals surface area contributed by atoms with E-state index >= 15 is 0 Å². The fourth-order valence-corrected chi connectivity index (χ4v) is 2.01. The Balaban J connectivity index is 2.22. The molecule has 0 bridgehead atoms. The molecule has 0 unspecified atom stereocenters. The number of nitrogens with zero attached hydrogens (tertiary/aromatic N) is 1. The zero-order valence-corrected chi connectivity index (χ0v) is 9.50. The number of H-pyrrole nitrogens is 1. The second kappa shape index (κ2) is 3.86. The van der Waals surface area contributed by atoms with Gasteiger partial charge in [-0.15, -0.1) is 0 Å². The summed E-state index contributed by atoms with van der Waals surface area (Å²) in [5.41, 5.74) is 3.13. The Labute approximate surface area is 102 Å². The van der Waals surface area contributed by atoms with Crippen molar-refractivity contribution < 1.29 is 4.39 Å². The lowest BCUT2D eigenvalue weighted by Gasteiger charge is -1.97. The highest BCUT2D eigenvalue weighted by molar-refractivity contribution is 6.34. The SMILES string of the molecule is Fc1cccc(-c2cc3nccc(Cl)c3[nH]2)c1. The molecule has 1 N–H and O–H groups in total. The monoisotopic (exact) mass is 246 g/mol. The fraction of sp³-hybridized carbons (Fsp3) is 0. The van der Waals surface area contributed by atoms with Crippen LogP contribution in [0.5, 0.6) is 0 Å². The molecule has 0 aliphatic heterocycles. The molecular weight excluding hydrogens is 239 g/mol. The van der Waals surface area contributed by atoms with Crippen LogP contribution in [0.1, 0.15) is 0 Å². The highest BCUT2D eigenvalue weighted by atomic mass is 35.5. The van der Waals surface area contributed by atoms with E-state index in [-0.39, 0.29) is 5.82 Å². The van der Waals surface area contributed by atoms with Gasteiger partial charge in [-0.2, -0.15) is 0 Å². The van der Waals surface area contributed by atoms with Crippen LogP contribution in [0.3, 0.4) is 0 Å². The second-order valence-electron chi connectivity index (χ2n) is 3.75. The van der Waals surface area contributed by atoms with Crippen LogP contribution in [0.4, 0.5) is 4.39 Å². The number of rotatable bonds is 1. The van der Waals surface area contributed by atoms with Gasteiger partial charge in [0.15, 0.2) is 0 Å². The summed E-state index contributed by atoms with van der Waals surface area (Å²) in [6, 6.07) is 9.97. The van der Waals surface area contributed by atoms with E-state index in [9.17, 15) is 4.39 Å². The van der Waals surface area contributed by atoms with Crippen LogP contribution in [0.2, 0.25) is 5.02 Å². The van der Waals surface area contributed by atoms with Gasteiger partial charge in [0.2, 0.25) is 0 Å². The highest BCUT2D eigenvalue weighted by Gasteiger charge is 2.07. The summed E-state index contributed by atoms with van der Waals surface area (Å²) in [6.07, 6.45) is 1.65. The number of pyridine rings is 1. The normalized spacial score (nSPS) is 10.9. The number of hydrogen-bond acceptors (Lipinski definition) is 1. The van der Waals surface area contributed by atoms with Gasteiger partial charge in [-0.05, 0) is 24.3 Å². The van der Waals surface area contributed by atoms with Gasteiger partial charge in [0.1, 0.15) is 5.82 Å². The van der Waals surface area contributed by atoms with Crippen molar-refractivity contribution in [3.8, 4) is 11.3 Å². The van der Waals surface area contributed by atoms with Gasteiger partial charge in [-0.1, -0.05) is 23.7 Å². The molecule has 4 heteroatoms. The Morgan fingerprint density at radius 2 is 2.06 bits per heavy atom. The maximum atomic E-state index is 13.1. The molecule has 0 spiro atoms. The number of hydrogen-bond donors (Lipinski definition) is 1. The molecule has 0 atom stereocenters. The lowest BCUT2D eigenvalue weighted by Crippen LogP contribution is -1.79. The van der Waals surface area contributed by atoms with Gasteiger partial charge in [-0.3, -0.25) is 4.98 Å². The van der Waals surface area contributed by atoms with E-state index in [0.717, 1.165) is 22.3 Å². The quantitative estimate of drug-likeness (QED) is 0.690. The summed E-state index contributed by atoms with van der Waals surface area (Å²) in [6.45, 7) is 0. The molecule has 1 aromatic carbocycles. The predicted octanol–water partition coefficient (Wildman–Crippen LogP) is 4.02. The zero-order valence-electron chi connectivity index (χ0n) is 8.74. The van der Waals surface area contributed by atoms with Crippen LogP contribution < -0.4 is 0 Å². The second-order valence-corrected chi connectivity index (χ2v) is 4.15. The first-order chi connectivity index (χ1) is 8.24. The molecule has 84 valence electrons. The molecule has 0 fully saturated rings. The molecule has 3 rings (SSSR count). The number of benzene rings is 1. The molecule has 0 amide bonds. The van der Waals surface area contributed by atoms with Crippen molar-refractivity contribution in [2.75, 3.05) is 0 Å². The van der Waals surface area contributed by atoms with E-state index in [2.05, 4.69) is 9.97 Å². The minimum absolute atomic E-state index is 0.264. The largest absolute Gasteiger partial charge is 0.352 e. The number of halogens is 2. The highest BCUT2D eigenvalue weighted by Crippen LogP contribution is 2.27. The summed E-state index contributed by atoms with van der Waals surface area (Å²) >= 11 is 6.04. The first-order valence-electron chi connectivity index (χ1n) is 5.13. The Morgan fingerprint density at radius 3 is 2.82 bits per heavy atom. The van der Waals surface area contributed by atoms with Crippen LogP contribution in [0, 0.1) is 5.82 Å². The van der Waals surface area contributed by atoms with Gasteiger partial charge < -0.3 is 4.98 Å². The standard InChI is InChI=1S/C13H8ClFN2/c14-10-4-5-16-12-7-11(17-13(10)12)8-2-1-3-9(15)6-8/h1-7,17H. The van der Waals surface area contributed by atoms with Gasteiger partial charge in [0, 0.05) is 17.5 Å². The van der Waals surface area contributed by atoms with Crippen LogP contribution in [-0.2, 0) is 0 Å². The summed E-state index contributed by atoms with van der Waals surface area (Å²) in [4.78, 5) is 7.35. The Hall–Kier alpha value is -1.87. The molecule has 0 aliphatic rings. The van der Waals surface area contributed by atoms with Crippen molar-refractivity contribution in [2.45, 2.75) is 0 Å². The Bertz CT molecular complexity index is 691. The zero-order chi connectivity index (χ0) is 11.8. The third-order valence-corrected chi connectivity index (χ3v) is 2.92. The maximum absolute atomic E-state index is 13.1. The van der Waals surface area contributed by atoms with Crippen LogP contribution in [0.15, 0.2) is 42.6 Å². The summed E-state index contributed by atoms with van der Waals surface area (Å²) in [7, 11) is 0. The van der Waals surface area contributed by atoms with E-state index in [0.29, 0.717) is 5.02 Å². The molecule has 0 saturated heterocycles. The average Bonchev–Trinajstić information content (AvgIpc) is 2.74. The minimum Gasteiger partial charge on any atom is -0.352 e. The van der Waals surface area contributed by atoms with E-state index < -0.39 is 0 Å². The number of nitrogens with one attached hydrogen (secondary N) is 1. The molecule has 0 radical (unpaired) electrons. The third-order valence-electron chi connectivity index (χ3n) is 2.61.